The molecule has 158 valence electrons. The van der Waals surface area contributed by atoms with Gasteiger partial charge in [0.05, 0.1) is 6.61 Å². The molecule has 0 spiro atoms. The van der Waals surface area contributed by atoms with E-state index in [-0.39, 0.29) is 19.3 Å². The summed E-state index contributed by atoms with van der Waals surface area (Å²) in [5.74, 6) is 2.16. The van der Waals surface area contributed by atoms with E-state index >= 15 is 0 Å². The van der Waals surface area contributed by atoms with Crippen molar-refractivity contribution < 1.29 is 19.7 Å². The molecule has 0 amide bonds. The Morgan fingerprint density at radius 1 is 0.833 bits per heavy atom. The van der Waals surface area contributed by atoms with E-state index in [0.717, 1.165) is 17.1 Å². The van der Waals surface area contributed by atoms with Crippen LogP contribution in [0.2, 0.25) is 5.02 Å². The Morgan fingerprint density at radius 2 is 1.47 bits per heavy atom. The van der Waals surface area contributed by atoms with Crippen molar-refractivity contribution in [2.24, 2.45) is 0 Å². The van der Waals surface area contributed by atoms with Gasteiger partial charge in [-0.3, -0.25) is 0 Å². The summed E-state index contributed by atoms with van der Waals surface area (Å²) < 4.78 is 11.3. The average Bonchev–Trinajstić information content (AvgIpc) is 2.78. The van der Waals surface area contributed by atoms with Crippen LogP contribution in [0.4, 0.5) is 0 Å². The molecule has 0 radical (unpaired) electrons. The SMILES string of the molecule is OC[C@H](Cc1ccc(Oc2ccc(Cl)cc2)cc1)NC[C@H](O)COc1ccccc1. The average molecular weight is 428 g/mol. The van der Waals surface area contributed by atoms with Gasteiger partial charge in [0.2, 0.25) is 0 Å². The molecule has 3 aromatic carbocycles. The molecule has 5 nitrogen and oxygen atoms in total. The third-order valence-corrected chi connectivity index (χ3v) is 4.75. The first-order valence-corrected chi connectivity index (χ1v) is 10.2. The van der Waals surface area contributed by atoms with Gasteiger partial charge in [-0.05, 0) is 60.5 Å². The smallest absolute Gasteiger partial charge is 0.127 e. The van der Waals surface area contributed by atoms with Crippen molar-refractivity contribution in [1.29, 1.82) is 0 Å². The summed E-state index contributed by atoms with van der Waals surface area (Å²) in [7, 11) is 0. The molecule has 0 aliphatic carbocycles. The molecule has 0 bridgehead atoms. The van der Waals surface area contributed by atoms with Crippen molar-refractivity contribution in [3.63, 3.8) is 0 Å². The minimum Gasteiger partial charge on any atom is -0.491 e. The second-order valence-electron chi connectivity index (χ2n) is 6.97. The number of aliphatic hydroxyl groups is 2. The van der Waals surface area contributed by atoms with Gasteiger partial charge < -0.3 is 25.0 Å². The topological polar surface area (TPSA) is 71.0 Å². The molecule has 0 unspecified atom stereocenters. The highest BCUT2D eigenvalue weighted by Gasteiger charge is 2.12. The van der Waals surface area contributed by atoms with Gasteiger partial charge in [-0.1, -0.05) is 41.9 Å². The van der Waals surface area contributed by atoms with Crippen molar-refractivity contribution in [2.45, 2.75) is 18.6 Å². The van der Waals surface area contributed by atoms with Gasteiger partial charge in [-0.2, -0.15) is 0 Å². The van der Waals surface area contributed by atoms with E-state index in [2.05, 4.69) is 5.32 Å². The van der Waals surface area contributed by atoms with Crippen LogP contribution in [-0.4, -0.2) is 42.1 Å². The number of halogens is 1. The van der Waals surface area contributed by atoms with Crippen LogP contribution in [0.25, 0.3) is 0 Å². The third kappa shape index (κ3) is 7.35. The Hall–Kier alpha value is -2.57. The molecule has 0 aliphatic rings. The van der Waals surface area contributed by atoms with Gasteiger partial charge in [0.15, 0.2) is 0 Å². The normalized spacial score (nSPS) is 12.9. The van der Waals surface area contributed by atoms with Crippen LogP contribution >= 0.6 is 11.6 Å². The molecule has 2 atom stereocenters. The molecule has 3 aromatic rings. The Kier molecular flexibility index (Phi) is 8.53. The first kappa shape index (κ1) is 22.1. The maximum Gasteiger partial charge on any atom is 0.127 e. The Morgan fingerprint density at radius 3 is 2.10 bits per heavy atom. The van der Waals surface area contributed by atoms with Gasteiger partial charge in [0, 0.05) is 17.6 Å². The van der Waals surface area contributed by atoms with Gasteiger partial charge in [-0.15, -0.1) is 0 Å². The largest absolute Gasteiger partial charge is 0.491 e. The Labute approximate surface area is 181 Å². The quantitative estimate of drug-likeness (QED) is 0.430. The van der Waals surface area contributed by atoms with Crippen LogP contribution in [0, 0.1) is 0 Å². The Bertz CT molecular complexity index is 872. The predicted molar refractivity (Wildman–Crippen MR) is 118 cm³/mol. The lowest BCUT2D eigenvalue weighted by molar-refractivity contribution is 0.0997. The first-order chi connectivity index (χ1) is 14.6. The summed E-state index contributed by atoms with van der Waals surface area (Å²) >= 11 is 5.88. The molecule has 3 rings (SSSR count). The predicted octanol–water partition coefficient (Wildman–Crippen LogP) is 4.07. The number of para-hydroxylation sites is 1. The maximum absolute atomic E-state index is 10.1. The number of hydrogen-bond acceptors (Lipinski definition) is 5. The van der Waals surface area contributed by atoms with E-state index in [4.69, 9.17) is 21.1 Å². The van der Waals surface area contributed by atoms with Crippen LogP contribution < -0.4 is 14.8 Å². The Balaban J connectivity index is 1.43. The van der Waals surface area contributed by atoms with Gasteiger partial charge in [0.25, 0.3) is 0 Å². The molecule has 30 heavy (non-hydrogen) atoms. The molecule has 0 aliphatic heterocycles. The lowest BCUT2D eigenvalue weighted by Gasteiger charge is -2.19. The van der Waals surface area contributed by atoms with Crippen LogP contribution in [0.5, 0.6) is 17.2 Å². The molecular formula is C24H26ClNO4. The second-order valence-corrected chi connectivity index (χ2v) is 7.41. The molecule has 0 saturated carbocycles. The lowest BCUT2D eigenvalue weighted by Crippen LogP contribution is -2.41. The number of nitrogens with one attached hydrogen (secondary N) is 1. The number of benzene rings is 3. The van der Waals surface area contributed by atoms with Gasteiger partial charge in [0.1, 0.15) is 30.0 Å². The molecule has 0 heterocycles. The fourth-order valence-corrected chi connectivity index (χ4v) is 3.01. The lowest BCUT2D eigenvalue weighted by atomic mass is 10.1. The van der Waals surface area contributed by atoms with E-state index in [9.17, 15) is 10.2 Å². The van der Waals surface area contributed by atoms with Crippen LogP contribution in [0.15, 0.2) is 78.9 Å². The maximum atomic E-state index is 10.1. The van der Waals surface area contributed by atoms with Crippen LogP contribution in [0.3, 0.4) is 0 Å². The third-order valence-electron chi connectivity index (χ3n) is 4.50. The zero-order chi connectivity index (χ0) is 21.2. The van der Waals surface area contributed by atoms with E-state index in [0.29, 0.717) is 23.7 Å². The van der Waals surface area contributed by atoms with Gasteiger partial charge >= 0.3 is 0 Å². The molecule has 6 heteroatoms. The molecule has 0 aromatic heterocycles. The van der Waals surface area contributed by atoms with Crippen molar-refractivity contribution in [1.82, 2.24) is 5.32 Å². The zero-order valence-electron chi connectivity index (χ0n) is 16.6. The van der Waals surface area contributed by atoms with Crippen LogP contribution in [0.1, 0.15) is 5.56 Å². The number of rotatable bonds is 11. The molecule has 0 saturated heterocycles. The minimum atomic E-state index is -0.672. The highest BCUT2D eigenvalue weighted by molar-refractivity contribution is 6.30. The molecule has 0 fully saturated rings. The number of hydrogen-bond donors (Lipinski definition) is 3. The van der Waals surface area contributed by atoms with Crippen molar-refractivity contribution in [3.05, 3.63) is 89.4 Å². The first-order valence-electron chi connectivity index (χ1n) is 9.85. The van der Waals surface area contributed by atoms with Crippen molar-refractivity contribution in [3.8, 4) is 17.2 Å². The summed E-state index contributed by atoms with van der Waals surface area (Å²) in [6.45, 7) is 0.483. The fraction of sp³-hybridized carbons (Fsp3) is 0.250. The van der Waals surface area contributed by atoms with Crippen molar-refractivity contribution in [2.75, 3.05) is 19.8 Å². The zero-order valence-corrected chi connectivity index (χ0v) is 17.3. The summed E-state index contributed by atoms with van der Waals surface area (Å²) in [5.41, 5.74) is 1.06. The van der Waals surface area contributed by atoms with Crippen molar-refractivity contribution >= 4 is 11.6 Å². The monoisotopic (exact) mass is 427 g/mol. The number of ether oxygens (including phenoxy) is 2. The molecular weight excluding hydrogens is 402 g/mol. The summed E-state index contributed by atoms with van der Waals surface area (Å²) in [5, 5.41) is 23.6. The molecule has 3 N–H and O–H groups in total. The summed E-state index contributed by atoms with van der Waals surface area (Å²) in [6, 6.07) is 24.1. The van der Waals surface area contributed by atoms with Crippen LogP contribution in [-0.2, 0) is 6.42 Å². The van der Waals surface area contributed by atoms with E-state index in [1.807, 2.05) is 66.7 Å². The minimum absolute atomic E-state index is 0.0325. The summed E-state index contributed by atoms with van der Waals surface area (Å²) in [4.78, 5) is 0. The summed E-state index contributed by atoms with van der Waals surface area (Å²) in [6.07, 6.45) is -0.0429. The fourth-order valence-electron chi connectivity index (χ4n) is 2.89. The standard InChI is InChI=1S/C24H26ClNO4/c25-19-8-12-24(13-9-19)30-23-10-6-18(7-11-23)14-20(16-27)26-15-21(28)17-29-22-4-2-1-3-5-22/h1-13,20-21,26-28H,14-17H2/t20-,21-/m0/s1. The van der Waals surface area contributed by atoms with E-state index in [1.54, 1.807) is 12.1 Å². The van der Waals surface area contributed by atoms with E-state index in [1.165, 1.54) is 0 Å². The van der Waals surface area contributed by atoms with Gasteiger partial charge in [-0.25, -0.2) is 0 Å². The number of aliphatic hydroxyl groups excluding tert-OH is 2. The highest BCUT2D eigenvalue weighted by atomic mass is 35.5. The van der Waals surface area contributed by atoms with E-state index < -0.39 is 6.10 Å². The second kappa shape index (κ2) is 11.6. The highest BCUT2D eigenvalue weighted by Crippen LogP contribution is 2.23.